The number of benzene rings is 1. The van der Waals surface area contributed by atoms with Crippen LogP contribution < -0.4 is 0 Å². The van der Waals surface area contributed by atoms with Crippen LogP contribution in [0.2, 0.25) is 0 Å². The van der Waals surface area contributed by atoms with Gasteiger partial charge in [-0.2, -0.15) is 12.6 Å². The molecule has 1 aromatic rings. The van der Waals surface area contributed by atoms with Crippen molar-refractivity contribution in [1.29, 1.82) is 0 Å². The molecule has 0 N–H and O–H groups in total. The van der Waals surface area contributed by atoms with Crippen molar-refractivity contribution in [1.82, 2.24) is 0 Å². The molecule has 0 nitrogen and oxygen atoms in total. The molecule has 0 fully saturated rings. The maximum atomic E-state index is 5.32. The maximum Gasteiger partial charge on any atom is 0.0314 e. The summed E-state index contributed by atoms with van der Waals surface area (Å²) < 4.78 is 0. The third-order valence-corrected chi connectivity index (χ3v) is 1.73. The van der Waals surface area contributed by atoms with E-state index in [1.807, 2.05) is 36.4 Å². The second-order valence-electron chi connectivity index (χ2n) is 2.32. The van der Waals surface area contributed by atoms with Crippen molar-refractivity contribution in [3.8, 4) is 12.3 Å². The van der Waals surface area contributed by atoms with Crippen LogP contribution in [-0.4, -0.2) is 5.75 Å². The number of hydrogen-bond acceptors (Lipinski definition) is 1. The molecule has 0 saturated carbocycles. The van der Waals surface area contributed by atoms with Gasteiger partial charge < -0.3 is 0 Å². The fourth-order valence-corrected chi connectivity index (χ4v) is 1.06. The predicted molar refractivity (Wildman–Crippen MR) is 57.3 cm³/mol. The zero-order chi connectivity index (χ0) is 8.81. The first-order valence-electron chi connectivity index (χ1n) is 3.71. The van der Waals surface area contributed by atoms with Crippen molar-refractivity contribution < 1.29 is 0 Å². The highest BCUT2D eigenvalue weighted by Crippen LogP contribution is 2.08. The molecule has 0 heterocycles. The van der Waals surface area contributed by atoms with Crippen molar-refractivity contribution >= 4 is 18.7 Å². The highest BCUT2D eigenvalue weighted by atomic mass is 32.1. The summed E-state index contributed by atoms with van der Waals surface area (Å²) in [6.45, 7) is 0. The highest BCUT2D eigenvalue weighted by Gasteiger charge is 1.91. The molecule has 0 radical (unpaired) electrons. The van der Waals surface area contributed by atoms with Crippen LogP contribution in [0, 0.1) is 12.3 Å². The number of hydrogen-bond donors (Lipinski definition) is 1. The quantitative estimate of drug-likeness (QED) is 0.517. The average molecular weight is 174 g/mol. The van der Waals surface area contributed by atoms with E-state index in [-0.39, 0.29) is 0 Å². The normalized spacial score (nSPS) is 10.0. The Morgan fingerprint density at radius 2 is 2.17 bits per heavy atom. The Kier molecular flexibility index (Phi) is 3.50. The van der Waals surface area contributed by atoms with E-state index in [0.29, 0.717) is 0 Å². The van der Waals surface area contributed by atoms with Gasteiger partial charge >= 0.3 is 0 Å². The fourth-order valence-electron chi connectivity index (χ4n) is 0.953. The zero-order valence-electron chi connectivity index (χ0n) is 6.70. The second-order valence-corrected chi connectivity index (χ2v) is 2.68. The van der Waals surface area contributed by atoms with Gasteiger partial charge in [0, 0.05) is 11.3 Å². The summed E-state index contributed by atoms with van der Waals surface area (Å²) in [6.07, 6.45) is 9.28. The van der Waals surface area contributed by atoms with Crippen LogP contribution in [0.1, 0.15) is 11.1 Å². The first-order valence-corrected chi connectivity index (χ1v) is 4.34. The molecule has 1 rings (SSSR count). The minimum absolute atomic E-state index is 0.735. The Labute approximate surface area is 78.7 Å². The van der Waals surface area contributed by atoms with Crippen LogP contribution in [-0.2, 0) is 0 Å². The topological polar surface area (TPSA) is 0 Å². The van der Waals surface area contributed by atoms with Gasteiger partial charge in [0.05, 0.1) is 0 Å². The van der Waals surface area contributed by atoms with Gasteiger partial charge in [-0.1, -0.05) is 36.3 Å². The van der Waals surface area contributed by atoms with Crippen LogP contribution in [0.5, 0.6) is 0 Å². The first kappa shape index (κ1) is 8.96. The highest BCUT2D eigenvalue weighted by molar-refractivity contribution is 7.80. The van der Waals surface area contributed by atoms with Gasteiger partial charge in [-0.25, -0.2) is 0 Å². The number of terminal acetylenes is 1. The molecule has 0 atom stereocenters. The smallest absolute Gasteiger partial charge is 0.0314 e. The van der Waals surface area contributed by atoms with Crippen molar-refractivity contribution in [2.45, 2.75) is 0 Å². The average Bonchev–Trinajstić information content (AvgIpc) is 2.15. The van der Waals surface area contributed by atoms with Gasteiger partial charge in [0.15, 0.2) is 0 Å². The SMILES string of the molecule is C#Cc1ccccc1C=CCS. The molecule has 0 aromatic heterocycles. The molecule has 1 heteroatoms. The summed E-state index contributed by atoms with van der Waals surface area (Å²) in [7, 11) is 0. The molecule has 0 aliphatic carbocycles. The Morgan fingerprint density at radius 1 is 1.42 bits per heavy atom. The molecule has 1 aromatic carbocycles. The summed E-state index contributed by atoms with van der Waals surface area (Å²) in [4.78, 5) is 0. The van der Waals surface area contributed by atoms with E-state index < -0.39 is 0 Å². The van der Waals surface area contributed by atoms with Crippen LogP contribution in [0.3, 0.4) is 0 Å². The van der Waals surface area contributed by atoms with E-state index in [2.05, 4.69) is 18.5 Å². The molecular weight excluding hydrogens is 164 g/mol. The molecule has 0 amide bonds. The monoisotopic (exact) mass is 174 g/mol. The van der Waals surface area contributed by atoms with E-state index in [9.17, 15) is 0 Å². The van der Waals surface area contributed by atoms with Crippen LogP contribution in [0.15, 0.2) is 30.3 Å². The molecular formula is C11H10S. The Balaban J connectivity index is 2.99. The summed E-state index contributed by atoms with van der Waals surface area (Å²) in [6, 6.07) is 7.83. The maximum absolute atomic E-state index is 5.32. The van der Waals surface area contributed by atoms with E-state index in [1.165, 1.54) is 0 Å². The molecule has 0 aliphatic heterocycles. The lowest BCUT2D eigenvalue weighted by Gasteiger charge is -1.96. The summed E-state index contributed by atoms with van der Waals surface area (Å²) in [5.74, 6) is 3.36. The third kappa shape index (κ3) is 2.18. The lowest BCUT2D eigenvalue weighted by molar-refractivity contribution is 1.59. The van der Waals surface area contributed by atoms with Crippen molar-refractivity contribution in [2.75, 3.05) is 5.75 Å². The van der Waals surface area contributed by atoms with E-state index >= 15 is 0 Å². The second kappa shape index (κ2) is 4.69. The van der Waals surface area contributed by atoms with E-state index in [4.69, 9.17) is 6.42 Å². The Morgan fingerprint density at radius 3 is 2.83 bits per heavy atom. The van der Waals surface area contributed by atoms with Gasteiger partial charge in [-0.05, 0) is 11.6 Å². The Bertz CT molecular complexity index is 318. The van der Waals surface area contributed by atoms with Crippen LogP contribution >= 0.6 is 12.6 Å². The largest absolute Gasteiger partial charge is 0.175 e. The van der Waals surface area contributed by atoms with Crippen molar-refractivity contribution in [3.05, 3.63) is 41.5 Å². The van der Waals surface area contributed by atoms with Crippen LogP contribution in [0.25, 0.3) is 6.08 Å². The molecule has 12 heavy (non-hydrogen) atoms. The zero-order valence-corrected chi connectivity index (χ0v) is 7.59. The minimum Gasteiger partial charge on any atom is -0.175 e. The summed E-state index contributed by atoms with van der Waals surface area (Å²) in [5, 5.41) is 0. The molecule has 0 unspecified atom stereocenters. The van der Waals surface area contributed by atoms with E-state index in [0.717, 1.165) is 16.9 Å². The fraction of sp³-hybridized carbons (Fsp3) is 0.0909. The molecule has 0 spiro atoms. The molecule has 0 bridgehead atoms. The number of thiol groups is 1. The summed E-state index contributed by atoms with van der Waals surface area (Å²) in [5.41, 5.74) is 2.00. The van der Waals surface area contributed by atoms with Crippen LogP contribution in [0.4, 0.5) is 0 Å². The van der Waals surface area contributed by atoms with Crippen molar-refractivity contribution in [3.63, 3.8) is 0 Å². The van der Waals surface area contributed by atoms with E-state index in [1.54, 1.807) is 0 Å². The lowest BCUT2D eigenvalue weighted by atomic mass is 10.1. The van der Waals surface area contributed by atoms with Gasteiger partial charge in [-0.15, -0.1) is 6.42 Å². The molecule has 60 valence electrons. The lowest BCUT2D eigenvalue weighted by Crippen LogP contribution is -1.79. The number of rotatable bonds is 2. The van der Waals surface area contributed by atoms with Gasteiger partial charge in [0.25, 0.3) is 0 Å². The third-order valence-electron chi connectivity index (χ3n) is 1.52. The summed E-state index contributed by atoms with van der Waals surface area (Å²) >= 11 is 4.08. The Hall–Kier alpha value is -1.13. The standard InChI is InChI=1S/C11H10S/c1-2-10-6-3-4-7-11(10)8-5-9-12/h1,3-8,12H,9H2. The molecule has 0 aliphatic rings. The van der Waals surface area contributed by atoms with Crippen molar-refractivity contribution in [2.24, 2.45) is 0 Å². The molecule has 0 saturated heterocycles. The van der Waals surface area contributed by atoms with Gasteiger partial charge in [-0.3, -0.25) is 0 Å². The first-order chi connectivity index (χ1) is 5.88. The predicted octanol–water partition coefficient (Wildman–Crippen LogP) is 2.61. The minimum atomic E-state index is 0.735. The van der Waals surface area contributed by atoms with Gasteiger partial charge in [0.1, 0.15) is 0 Å². The van der Waals surface area contributed by atoms with Gasteiger partial charge in [0.2, 0.25) is 0 Å².